The summed E-state index contributed by atoms with van der Waals surface area (Å²) < 4.78 is 6.08. The smallest absolute Gasteiger partial charge is 0.302 e. The fraction of sp³-hybridized carbons (Fsp3) is 0.931. The van der Waals surface area contributed by atoms with Crippen LogP contribution in [-0.4, -0.2) is 17.9 Å². The van der Waals surface area contributed by atoms with E-state index in [1.165, 1.54) is 44.9 Å². The summed E-state index contributed by atoms with van der Waals surface area (Å²) >= 11 is 0. The zero-order valence-electron chi connectivity index (χ0n) is 21.6. The van der Waals surface area contributed by atoms with Crippen molar-refractivity contribution >= 4 is 11.8 Å². The second-order valence-electron chi connectivity index (χ2n) is 13.1. The van der Waals surface area contributed by atoms with Crippen LogP contribution in [0.1, 0.15) is 112 Å². The van der Waals surface area contributed by atoms with Gasteiger partial charge in [0, 0.05) is 25.7 Å². The predicted molar refractivity (Wildman–Crippen MR) is 129 cm³/mol. The molecule has 0 amide bonds. The molecule has 182 valence electrons. The van der Waals surface area contributed by atoms with E-state index in [9.17, 15) is 9.59 Å². The molecule has 9 atom stereocenters. The van der Waals surface area contributed by atoms with Crippen LogP contribution in [0.25, 0.3) is 0 Å². The fourth-order valence-corrected chi connectivity index (χ4v) is 9.35. The van der Waals surface area contributed by atoms with E-state index in [-0.39, 0.29) is 17.5 Å². The summed E-state index contributed by atoms with van der Waals surface area (Å²) in [6.45, 7) is 13.8. The van der Waals surface area contributed by atoms with Gasteiger partial charge in [-0.3, -0.25) is 9.59 Å². The summed E-state index contributed by atoms with van der Waals surface area (Å²) in [5.41, 5.74) is 0.627. The maximum Gasteiger partial charge on any atom is 0.302 e. The van der Waals surface area contributed by atoms with E-state index < -0.39 is 0 Å². The Morgan fingerprint density at radius 1 is 1.03 bits per heavy atom. The van der Waals surface area contributed by atoms with Gasteiger partial charge in [-0.2, -0.15) is 0 Å². The van der Waals surface area contributed by atoms with E-state index in [2.05, 4.69) is 34.6 Å². The molecule has 0 radical (unpaired) electrons. The molecule has 0 saturated heterocycles. The molecule has 0 aromatic carbocycles. The van der Waals surface area contributed by atoms with E-state index in [1.807, 2.05) is 0 Å². The first kappa shape index (κ1) is 24.3. The maximum atomic E-state index is 12.3. The Bertz CT molecular complexity index is 713. The first-order chi connectivity index (χ1) is 15.1. The monoisotopic (exact) mass is 444 g/mol. The fourth-order valence-electron chi connectivity index (χ4n) is 9.35. The summed E-state index contributed by atoms with van der Waals surface area (Å²) in [6, 6.07) is 0. The van der Waals surface area contributed by atoms with Crippen molar-refractivity contribution in [1.29, 1.82) is 0 Å². The third-order valence-electron chi connectivity index (χ3n) is 11.0. The topological polar surface area (TPSA) is 43.4 Å². The molecule has 4 rings (SSSR count). The van der Waals surface area contributed by atoms with Gasteiger partial charge in [-0.05, 0) is 84.9 Å². The van der Waals surface area contributed by atoms with Gasteiger partial charge in [-0.15, -0.1) is 0 Å². The average molecular weight is 445 g/mol. The molecule has 0 N–H and O–H groups in total. The minimum Gasteiger partial charge on any atom is -0.462 e. The van der Waals surface area contributed by atoms with E-state index in [1.54, 1.807) is 6.92 Å². The lowest BCUT2D eigenvalue weighted by Crippen LogP contribution is -2.59. The lowest BCUT2D eigenvalue weighted by atomic mass is 9.43. The lowest BCUT2D eigenvalue weighted by molar-refractivity contribution is -0.189. The molecule has 3 nitrogen and oxygen atoms in total. The van der Waals surface area contributed by atoms with Crippen LogP contribution in [-0.2, 0) is 14.3 Å². The highest BCUT2D eigenvalue weighted by Gasteiger charge is 2.63. The SMILES string of the molecule is CC(=O)OC1CC2CC(=O)CCC2(C)C2CCC3(C)C(C(C)CCCC(C)C)CCC3C12. The van der Waals surface area contributed by atoms with Crippen molar-refractivity contribution in [2.45, 2.75) is 118 Å². The third kappa shape index (κ3) is 4.20. The van der Waals surface area contributed by atoms with Crippen molar-refractivity contribution in [3.05, 3.63) is 0 Å². The van der Waals surface area contributed by atoms with Crippen molar-refractivity contribution in [1.82, 2.24) is 0 Å². The van der Waals surface area contributed by atoms with Crippen LogP contribution in [0.2, 0.25) is 0 Å². The zero-order chi connectivity index (χ0) is 23.3. The Hall–Kier alpha value is -0.860. The number of carbonyl (C=O) groups excluding carboxylic acids is 2. The summed E-state index contributed by atoms with van der Waals surface area (Å²) in [5, 5.41) is 0. The molecule has 0 bridgehead atoms. The highest BCUT2D eigenvalue weighted by atomic mass is 16.5. The largest absolute Gasteiger partial charge is 0.462 e. The Balaban J connectivity index is 1.58. The van der Waals surface area contributed by atoms with E-state index in [0.29, 0.717) is 41.3 Å². The summed E-state index contributed by atoms with van der Waals surface area (Å²) in [6.07, 6.45) is 12.7. The molecule has 4 saturated carbocycles. The number of fused-ring (bicyclic) bond motifs is 5. The lowest BCUT2D eigenvalue weighted by Gasteiger charge is -2.62. The molecule has 0 heterocycles. The van der Waals surface area contributed by atoms with Crippen molar-refractivity contribution < 1.29 is 14.3 Å². The van der Waals surface area contributed by atoms with E-state index in [4.69, 9.17) is 4.74 Å². The van der Waals surface area contributed by atoms with Gasteiger partial charge in [0.25, 0.3) is 0 Å². The number of esters is 1. The van der Waals surface area contributed by atoms with Crippen molar-refractivity contribution in [2.24, 2.45) is 52.3 Å². The third-order valence-corrected chi connectivity index (χ3v) is 11.0. The van der Waals surface area contributed by atoms with Gasteiger partial charge in [-0.1, -0.05) is 53.9 Å². The first-order valence-electron chi connectivity index (χ1n) is 13.7. The molecule has 0 aromatic rings. The number of rotatable bonds is 6. The van der Waals surface area contributed by atoms with Gasteiger partial charge in [0.05, 0.1) is 0 Å². The Morgan fingerprint density at radius 2 is 1.75 bits per heavy atom. The zero-order valence-corrected chi connectivity index (χ0v) is 21.6. The number of hydrogen-bond donors (Lipinski definition) is 0. The molecule has 0 spiro atoms. The minimum atomic E-state index is -0.136. The first-order valence-corrected chi connectivity index (χ1v) is 13.7. The second kappa shape index (κ2) is 9.06. The van der Waals surface area contributed by atoms with Crippen LogP contribution in [0.5, 0.6) is 0 Å². The van der Waals surface area contributed by atoms with E-state index in [0.717, 1.165) is 37.0 Å². The quantitative estimate of drug-likeness (QED) is 0.406. The molecule has 4 aliphatic carbocycles. The highest BCUT2D eigenvalue weighted by Crippen LogP contribution is 2.68. The normalized spacial score (nSPS) is 44.5. The highest BCUT2D eigenvalue weighted by molar-refractivity contribution is 5.79. The van der Waals surface area contributed by atoms with Crippen molar-refractivity contribution in [3.63, 3.8) is 0 Å². The van der Waals surface area contributed by atoms with Crippen molar-refractivity contribution in [3.8, 4) is 0 Å². The molecule has 4 aliphatic rings. The van der Waals surface area contributed by atoms with Gasteiger partial charge in [-0.25, -0.2) is 0 Å². The van der Waals surface area contributed by atoms with Crippen LogP contribution in [0.4, 0.5) is 0 Å². The van der Waals surface area contributed by atoms with Crippen LogP contribution in [0, 0.1) is 52.3 Å². The van der Waals surface area contributed by atoms with Gasteiger partial charge in [0.15, 0.2) is 0 Å². The number of ether oxygens (including phenoxy) is 1. The van der Waals surface area contributed by atoms with E-state index >= 15 is 0 Å². The standard InChI is InChI=1S/C29H48O3/c1-18(2)8-7-9-19(3)23-10-11-24-27-25(13-15-29(23,24)6)28(5)14-12-22(31)16-21(28)17-26(27)32-20(4)30/h18-19,21,23-27H,7-17H2,1-6H3. The second-order valence-corrected chi connectivity index (χ2v) is 13.1. The van der Waals surface area contributed by atoms with Crippen LogP contribution < -0.4 is 0 Å². The molecular weight excluding hydrogens is 396 g/mol. The maximum absolute atomic E-state index is 12.3. The molecule has 4 fully saturated rings. The molecular formula is C29H48O3. The van der Waals surface area contributed by atoms with Crippen LogP contribution in [0.15, 0.2) is 0 Å². The summed E-state index contributed by atoms with van der Waals surface area (Å²) in [7, 11) is 0. The predicted octanol–water partition coefficient (Wildman–Crippen LogP) is 7.22. The number of ketones is 1. The molecule has 3 heteroatoms. The Labute approximate surface area is 196 Å². The number of hydrogen-bond acceptors (Lipinski definition) is 3. The summed E-state index contributed by atoms with van der Waals surface area (Å²) in [5.74, 6) is 4.82. The van der Waals surface area contributed by atoms with Crippen LogP contribution >= 0.6 is 0 Å². The molecule has 32 heavy (non-hydrogen) atoms. The minimum absolute atomic E-state index is 0.0149. The number of carbonyl (C=O) groups is 2. The van der Waals surface area contributed by atoms with Gasteiger partial charge in [0.2, 0.25) is 0 Å². The van der Waals surface area contributed by atoms with Crippen LogP contribution in [0.3, 0.4) is 0 Å². The van der Waals surface area contributed by atoms with Crippen molar-refractivity contribution in [2.75, 3.05) is 0 Å². The summed E-state index contributed by atoms with van der Waals surface area (Å²) in [4.78, 5) is 24.4. The molecule has 0 aromatic heterocycles. The Morgan fingerprint density at radius 3 is 2.44 bits per heavy atom. The number of Topliss-reactive ketones (excluding diaryl/α,β-unsaturated/α-hetero) is 1. The Kier molecular flexibility index (Phi) is 6.87. The molecule has 0 aliphatic heterocycles. The average Bonchev–Trinajstić information content (AvgIpc) is 3.05. The molecule has 9 unspecified atom stereocenters. The van der Waals surface area contributed by atoms with Gasteiger partial charge in [0.1, 0.15) is 11.9 Å². The van der Waals surface area contributed by atoms with Gasteiger partial charge < -0.3 is 4.74 Å². The van der Waals surface area contributed by atoms with Gasteiger partial charge >= 0.3 is 5.97 Å².